The first-order valence-corrected chi connectivity index (χ1v) is 6.86. The first-order chi connectivity index (χ1) is 10.7. The van der Waals surface area contributed by atoms with Crippen molar-refractivity contribution in [2.75, 3.05) is 14.2 Å². The van der Waals surface area contributed by atoms with Crippen LogP contribution in [0.4, 0.5) is 0 Å². The summed E-state index contributed by atoms with van der Waals surface area (Å²) in [4.78, 5) is 16.4. The maximum absolute atomic E-state index is 11.9. The Morgan fingerprint density at radius 3 is 2.45 bits per heavy atom. The van der Waals surface area contributed by atoms with Gasteiger partial charge >= 0.3 is 5.97 Å². The quantitative estimate of drug-likeness (QED) is 0.697. The normalized spacial score (nSPS) is 10.7. The van der Waals surface area contributed by atoms with Gasteiger partial charge in [0, 0.05) is 5.69 Å². The van der Waals surface area contributed by atoms with E-state index >= 15 is 0 Å². The van der Waals surface area contributed by atoms with Crippen molar-refractivity contribution in [3.05, 3.63) is 53.9 Å². The molecule has 0 saturated carbocycles. The minimum atomic E-state index is -0.384. The zero-order valence-corrected chi connectivity index (χ0v) is 12.7. The molecule has 0 fully saturated rings. The Hall–Kier alpha value is -2.82. The van der Waals surface area contributed by atoms with E-state index in [9.17, 15) is 4.79 Å². The highest BCUT2D eigenvalue weighted by molar-refractivity contribution is 6.02. The van der Waals surface area contributed by atoms with E-state index in [0.29, 0.717) is 11.1 Å². The van der Waals surface area contributed by atoms with Crippen LogP contribution in [0, 0.1) is 6.92 Å². The lowest BCUT2D eigenvalue weighted by molar-refractivity contribution is 0.0603. The number of rotatable bonds is 3. The second-order valence-electron chi connectivity index (χ2n) is 4.86. The maximum Gasteiger partial charge on any atom is 0.340 e. The Kier molecular flexibility index (Phi) is 3.55. The van der Waals surface area contributed by atoms with Crippen LogP contribution >= 0.6 is 0 Å². The predicted molar refractivity (Wildman–Crippen MR) is 83.7 cm³/mol. The first kappa shape index (κ1) is 14.1. The number of nitrogens with zero attached hydrogens (tertiary/aromatic N) is 2. The summed E-state index contributed by atoms with van der Waals surface area (Å²) in [5.74, 6) is 1.21. The number of hydrogen-bond acceptors (Lipinski definition) is 4. The van der Waals surface area contributed by atoms with Crippen molar-refractivity contribution >= 4 is 17.0 Å². The third kappa shape index (κ3) is 2.20. The highest BCUT2D eigenvalue weighted by atomic mass is 16.5. The van der Waals surface area contributed by atoms with Gasteiger partial charge < -0.3 is 9.47 Å². The van der Waals surface area contributed by atoms with Crippen LogP contribution in [0.5, 0.6) is 5.75 Å². The summed E-state index contributed by atoms with van der Waals surface area (Å²) in [5, 5.41) is 0. The van der Waals surface area contributed by atoms with E-state index in [4.69, 9.17) is 9.47 Å². The lowest BCUT2D eigenvalue weighted by Gasteiger charge is -2.08. The lowest BCUT2D eigenvalue weighted by Crippen LogP contribution is -2.02. The largest absolute Gasteiger partial charge is 0.497 e. The average molecular weight is 296 g/mol. The smallest absolute Gasteiger partial charge is 0.340 e. The van der Waals surface area contributed by atoms with Gasteiger partial charge in [-0.25, -0.2) is 9.78 Å². The van der Waals surface area contributed by atoms with Crippen molar-refractivity contribution in [1.82, 2.24) is 9.55 Å². The van der Waals surface area contributed by atoms with Crippen LogP contribution in [0.25, 0.3) is 16.7 Å². The van der Waals surface area contributed by atoms with Gasteiger partial charge in [0.2, 0.25) is 0 Å². The summed E-state index contributed by atoms with van der Waals surface area (Å²) < 4.78 is 12.0. The number of fused-ring (bicyclic) bond motifs is 1. The van der Waals surface area contributed by atoms with Crippen LogP contribution in [0.2, 0.25) is 0 Å². The number of carbonyl (C=O) groups is 1. The number of esters is 1. The molecular formula is C17H16N2O3. The van der Waals surface area contributed by atoms with Gasteiger partial charge in [0.05, 0.1) is 25.3 Å². The van der Waals surface area contributed by atoms with E-state index in [-0.39, 0.29) is 5.97 Å². The van der Waals surface area contributed by atoms with E-state index < -0.39 is 0 Å². The molecule has 0 radical (unpaired) electrons. The third-order valence-corrected chi connectivity index (χ3v) is 3.59. The van der Waals surface area contributed by atoms with Crippen LogP contribution in [0.3, 0.4) is 0 Å². The molecule has 112 valence electrons. The van der Waals surface area contributed by atoms with Crippen LogP contribution < -0.4 is 4.74 Å². The Bertz CT molecular complexity index is 835. The van der Waals surface area contributed by atoms with Gasteiger partial charge in [-0.15, -0.1) is 0 Å². The second-order valence-corrected chi connectivity index (χ2v) is 4.86. The molecule has 1 heterocycles. The standard InChI is InChI=1S/C17H16N2O3/c1-11-18-16-14(17(20)22-3)5-4-6-15(16)19(11)12-7-9-13(21-2)10-8-12/h4-10H,1-3H3. The van der Waals surface area contributed by atoms with E-state index in [1.807, 2.05) is 47.9 Å². The van der Waals surface area contributed by atoms with Crippen molar-refractivity contribution in [2.45, 2.75) is 6.92 Å². The van der Waals surface area contributed by atoms with E-state index in [2.05, 4.69) is 4.98 Å². The average Bonchev–Trinajstić information content (AvgIpc) is 2.90. The van der Waals surface area contributed by atoms with Crippen molar-refractivity contribution in [2.24, 2.45) is 0 Å². The Labute approximate surface area is 128 Å². The maximum atomic E-state index is 11.9. The Morgan fingerprint density at radius 1 is 1.09 bits per heavy atom. The van der Waals surface area contributed by atoms with Gasteiger partial charge in [-0.3, -0.25) is 4.57 Å². The number of para-hydroxylation sites is 1. The van der Waals surface area contributed by atoms with Crippen molar-refractivity contribution in [1.29, 1.82) is 0 Å². The summed E-state index contributed by atoms with van der Waals surface area (Å²) in [5.41, 5.74) is 2.94. The molecule has 0 bridgehead atoms. The van der Waals surface area contributed by atoms with Crippen molar-refractivity contribution in [3.8, 4) is 11.4 Å². The van der Waals surface area contributed by atoms with Crippen molar-refractivity contribution < 1.29 is 14.3 Å². The molecule has 0 saturated heterocycles. The molecule has 0 aliphatic rings. The van der Waals surface area contributed by atoms with Crippen LogP contribution in [-0.4, -0.2) is 29.7 Å². The summed E-state index contributed by atoms with van der Waals surface area (Å²) in [6.07, 6.45) is 0. The SMILES string of the molecule is COC(=O)c1cccc2c1nc(C)n2-c1ccc(OC)cc1. The molecular weight excluding hydrogens is 280 g/mol. The summed E-state index contributed by atoms with van der Waals surface area (Å²) >= 11 is 0. The molecule has 5 heteroatoms. The second kappa shape index (κ2) is 5.52. The minimum Gasteiger partial charge on any atom is -0.497 e. The summed E-state index contributed by atoms with van der Waals surface area (Å²) in [7, 11) is 3.00. The molecule has 5 nitrogen and oxygen atoms in total. The van der Waals surface area contributed by atoms with Gasteiger partial charge in [0.15, 0.2) is 0 Å². The zero-order chi connectivity index (χ0) is 15.7. The number of hydrogen-bond donors (Lipinski definition) is 0. The molecule has 0 atom stereocenters. The highest BCUT2D eigenvalue weighted by Gasteiger charge is 2.16. The molecule has 2 aromatic carbocycles. The number of aryl methyl sites for hydroxylation is 1. The molecule has 0 unspecified atom stereocenters. The Morgan fingerprint density at radius 2 is 1.82 bits per heavy atom. The number of carbonyl (C=O) groups excluding carboxylic acids is 1. The Balaban J connectivity index is 2.21. The fraction of sp³-hybridized carbons (Fsp3) is 0.176. The topological polar surface area (TPSA) is 53.3 Å². The molecule has 3 rings (SSSR count). The lowest BCUT2D eigenvalue weighted by atomic mass is 10.2. The molecule has 22 heavy (non-hydrogen) atoms. The van der Waals surface area contributed by atoms with E-state index in [0.717, 1.165) is 22.8 Å². The zero-order valence-electron chi connectivity index (χ0n) is 12.7. The van der Waals surface area contributed by atoms with E-state index in [1.54, 1.807) is 13.2 Å². The number of methoxy groups -OCH3 is 2. The fourth-order valence-corrected chi connectivity index (χ4v) is 2.55. The van der Waals surface area contributed by atoms with Crippen molar-refractivity contribution in [3.63, 3.8) is 0 Å². The number of imidazole rings is 1. The van der Waals surface area contributed by atoms with Gasteiger partial charge in [0.1, 0.15) is 17.1 Å². The fourth-order valence-electron chi connectivity index (χ4n) is 2.55. The minimum absolute atomic E-state index is 0.384. The van der Waals surface area contributed by atoms with E-state index in [1.165, 1.54) is 7.11 Å². The molecule has 0 amide bonds. The molecule has 0 aliphatic carbocycles. The number of ether oxygens (including phenoxy) is 2. The van der Waals surface area contributed by atoms with Gasteiger partial charge in [-0.2, -0.15) is 0 Å². The number of benzene rings is 2. The van der Waals surface area contributed by atoms with Crippen LogP contribution in [0.15, 0.2) is 42.5 Å². The highest BCUT2D eigenvalue weighted by Crippen LogP contribution is 2.25. The molecule has 0 spiro atoms. The van der Waals surface area contributed by atoms with Gasteiger partial charge in [-0.05, 0) is 43.3 Å². The first-order valence-electron chi connectivity index (χ1n) is 6.86. The summed E-state index contributed by atoms with van der Waals surface area (Å²) in [6, 6.07) is 13.2. The van der Waals surface area contributed by atoms with Gasteiger partial charge in [0.25, 0.3) is 0 Å². The third-order valence-electron chi connectivity index (χ3n) is 3.59. The summed E-state index contributed by atoms with van der Waals surface area (Å²) in [6.45, 7) is 1.91. The predicted octanol–water partition coefficient (Wildman–Crippen LogP) is 3.13. The monoisotopic (exact) mass is 296 g/mol. The molecule has 1 aromatic heterocycles. The van der Waals surface area contributed by atoms with Gasteiger partial charge in [-0.1, -0.05) is 6.07 Å². The van der Waals surface area contributed by atoms with Crippen LogP contribution in [0.1, 0.15) is 16.2 Å². The number of aromatic nitrogens is 2. The molecule has 3 aromatic rings. The molecule has 0 N–H and O–H groups in total. The molecule has 0 aliphatic heterocycles. The van der Waals surface area contributed by atoms with Crippen LogP contribution in [-0.2, 0) is 4.74 Å².